The molecule has 2 aliphatic rings. The van der Waals surface area contributed by atoms with E-state index >= 15 is 0 Å². The van der Waals surface area contributed by atoms with E-state index in [-0.39, 0.29) is 30.8 Å². The molecule has 0 aromatic carbocycles. The maximum Gasteiger partial charge on any atom is 0.410 e. The standard InChI is InChI=1S/C11H18N2O4/c1-11(2,3)17-10(15)13-4-7-8(5-13)16-6-9(14)12-7/h7-8H,4-6H2,1-3H3,(H,12,14)/t7-,8-/m0/s1. The van der Waals surface area contributed by atoms with Crippen LogP contribution in [0.5, 0.6) is 0 Å². The first-order valence-corrected chi connectivity index (χ1v) is 5.74. The Kier molecular flexibility index (Phi) is 2.99. The molecule has 6 heteroatoms. The molecule has 17 heavy (non-hydrogen) atoms. The van der Waals surface area contributed by atoms with E-state index < -0.39 is 5.60 Å². The lowest BCUT2D eigenvalue weighted by molar-refractivity contribution is -0.134. The van der Waals surface area contributed by atoms with Gasteiger partial charge in [-0.05, 0) is 20.8 Å². The fraction of sp³-hybridized carbons (Fsp3) is 0.818. The Morgan fingerprint density at radius 2 is 2.18 bits per heavy atom. The van der Waals surface area contributed by atoms with Crippen LogP contribution in [0.1, 0.15) is 20.8 Å². The summed E-state index contributed by atoms with van der Waals surface area (Å²) in [7, 11) is 0. The van der Waals surface area contributed by atoms with E-state index in [0.29, 0.717) is 13.1 Å². The average molecular weight is 242 g/mol. The van der Waals surface area contributed by atoms with Gasteiger partial charge in [0, 0.05) is 6.54 Å². The van der Waals surface area contributed by atoms with Gasteiger partial charge in [-0.25, -0.2) is 4.79 Å². The molecule has 2 heterocycles. The zero-order valence-electron chi connectivity index (χ0n) is 10.4. The van der Waals surface area contributed by atoms with Crippen LogP contribution in [0.15, 0.2) is 0 Å². The van der Waals surface area contributed by atoms with Crippen LogP contribution in [0.25, 0.3) is 0 Å². The number of hydrogen-bond donors (Lipinski definition) is 1. The smallest absolute Gasteiger partial charge is 0.410 e. The van der Waals surface area contributed by atoms with Crippen LogP contribution in [0.4, 0.5) is 4.79 Å². The number of likely N-dealkylation sites (tertiary alicyclic amines) is 1. The fourth-order valence-corrected chi connectivity index (χ4v) is 1.99. The van der Waals surface area contributed by atoms with E-state index in [1.54, 1.807) is 4.90 Å². The molecule has 2 fully saturated rings. The van der Waals surface area contributed by atoms with Gasteiger partial charge in [0.1, 0.15) is 12.2 Å². The van der Waals surface area contributed by atoms with E-state index in [1.807, 2.05) is 20.8 Å². The van der Waals surface area contributed by atoms with Gasteiger partial charge in [-0.3, -0.25) is 4.79 Å². The second-order valence-corrected chi connectivity index (χ2v) is 5.41. The molecule has 0 bridgehead atoms. The van der Waals surface area contributed by atoms with Crippen molar-refractivity contribution in [3.63, 3.8) is 0 Å². The number of amides is 2. The van der Waals surface area contributed by atoms with E-state index in [0.717, 1.165) is 0 Å². The number of morpholine rings is 1. The minimum Gasteiger partial charge on any atom is -0.444 e. The lowest BCUT2D eigenvalue weighted by Gasteiger charge is -2.24. The summed E-state index contributed by atoms with van der Waals surface area (Å²) in [6, 6.07) is -0.108. The molecule has 0 spiro atoms. The van der Waals surface area contributed by atoms with Crippen molar-refractivity contribution in [2.24, 2.45) is 0 Å². The van der Waals surface area contributed by atoms with Crippen LogP contribution in [-0.2, 0) is 14.3 Å². The van der Waals surface area contributed by atoms with Gasteiger partial charge >= 0.3 is 6.09 Å². The van der Waals surface area contributed by atoms with Crippen molar-refractivity contribution in [3.8, 4) is 0 Å². The molecule has 1 N–H and O–H groups in total. The third-order valence-electron chi connectivity index (χ3n) is 2.69. The zero-order valence-corrected chi connectivity index (χ0v) is 10.4. The number of ether oxygens (including phenoxy) is 2. The number of nitrogens with one attached hydrogen (secondary N) is 1. The van der Waals surface area contributed by atoms with Gasteiger partial charge in [0.15, 0.2) is 0 Å². The Morgan fingerprint density at radius 3 is 2.82 bits per heavy atom. The third-order valence-corrected chi connectivity index (χ3v) is 2.69. The van der Waals surface area contributed by atoms with Gasteiger partial charge < -0.3 is 19.7 Å². The van der Waals surface area contributed by atoms with Gasteiger partial charge in [-0.15, -0.1) is 0 Å². The number of hydrogen-bond acceptors (Lipinski definition) is 4. The largest absolute Gasteiger partial charge is 0.444 e. The van der Waals surface area contributed by atoms with Crippen molar-refractivity contribution in [2.75, 3.05) is 19.7 Å². The van der Waals surface area contributed by atoms with E-state index in [9.17, 15) is 9.59 Å². The highest BCUT2D eigenvalue weighted by Gasteiger charge is 2.41. The summed E-state index contributed by atoms with van der Waals surface area (Å²) in [6.45, 7) is 6.47. The number of carbonyl (C=O) groups is 2. The molecule has 0 saturated carbocycles. The van der Waals surface area contributed by atoms with E-state index in [1.165, 1.54) is 0 Å². The first-order chi connectivity index (χ1) is 7.85. The molecule has 2 rings (SSSR count). The maximum absolute atomic E-state index is 11.8. The molecule has 0 unspecified atom stereocenters. The number of nitrogens with zero attached hydrogens (tertiary/aromatic N) is 1. The summed E-state index contributed by atoms with van der Waals surface area (Å²) in [6.07, 6.45) is -0.468. The van der Waals surface area contributed by atoms with Crippen LogP contribution in [0.2, 0.25) is 0 Å². The van der Waals surface area contributed by atoms with Crippen LogP contribution in [0, 0.1) is 0 Å². The second-order valence-electron chi connectivity index (χ2n) is 5.41. The normalized spacial score (nSPS) is 28.6. The molecular weight excluding hydrogens is 224 g/mol. The third kappa shape index (κ3) is 2.88. The minimum absolute atomic E-state index is 0.0727. The highest BCUT2D eigenvalue weighted by molar-refractivity contribution is 5.78. The van der Waals surface area contributed by atoms with Gasteiger partial charge in [0.25, 0.3) is 0 Å². The Balaban J connectivity index is 1.93. The molecule has 0 radical (unpaired) electrons. The highest BCUT2D eigenvalue weighted by atomic mass is 16.6. The van der Waals surface area contributed by atoms with Crippen molar-refractivity contribution in [3.05, 3.63) is 0 Å². The second kappa shape index (κ2) is 4.18. The summed E-state index contributed by atoms with van der Waals surface area (Å²) in [5.74, 6) is -0.128. The predicted molar refractivity (Wildman–Crippen MR) is 59.5 cm³/mol. The summed E-state index contributed by atoms with van der Waals surface area (Å²) < 4.78 is 10.6. The van der Waals surface area contributed by atoms with Gasteiger partial charge in [-0.1, -0.05) is 0 Å². The summed E-state index contributed by atoms with van der Waals surface area (Å²) in [5.41, 5.74) is -0.505. The number of rotatable bonds is 0. The van der Waals surface area contributed by atoms with Crippen molar-refractivity contribution in [2.45, 2.75) is 38.5 Å². The van der Waals surface area contributed by atoms with Crippen molar-refractivity contribution < 1.29 is 19.1 Å². The van der Waals surface area contributed by atoms with Crippen LogP contribution < -0.4 is 5.32 Å². The molecule has 2 aliphatic heterocycles. The average Bonchev–Trinajstić information content (AvgIpc) is 2.57. The van der Waals surface area contributed by atoms with Gasteiger partial charge in [-0.2, -0.15) is 0 Å². The number of fused-ring (bicyclic) bond motifs is 1. The van der Waals surface area contributed by atoms with Crippen LogP contribution in [-0.4, -0.2) is 54.3 Å². The predicted octanol–water partition coefficient (Wildman–Crippen LogP) is 0.121. The van der Waals surface area contributed by atoms with Crippen molar-refractivity contribution in [1.29, 1.82) is 0 Å². The Hall–Kier alpha value is -1.30. The Morgan fingerprint density at radius 1 is 1.47 bits per heavy atom. The SMILES string of the molecule is CC(C)(C)OC(=O)N1C[C@@H]2NC(=O)CO[C@H]2C1. The molecule has 0 aromatic heterocycles. The summed E-state index contributed by atoms with van der Waals surface area (Å²) in [5, 5.41) is 2.81. The molecule has 0 aliphatic carbocycles. The monoisotopic (exact) mass is 242 g/mol. The highest BCUT2D eigenvalue weighted by Crippen LogP contribution is 2.19. The zero-order chi connectivity index (χ0) is 12.6. The maximum atomic E-state index is 11.8. The topological polar surface area (TPSA) is 67.9 Å². The molecule has 0 aromatic rings. The molecular formula is C11H18N2O4. The van der Waals surface area contributed by atoms with Gasteiger partial charge in [0.2, 0.25) is 5.91 Å². The minimum atomic E-state index is -0.505. The van der Waals surface area contributed by atoms with Crippen LogP contribution >= 0.6 is 0 Å². The summed E-state index contributed by atoms with van der Waals surface area (Å²) >= 11 is 0. The van der Waals surface area contributed by atoms with Crippen molar-refractivity contribution in [1.82, 2.24) is 10.2 Å². The summed E-state index contributed by atoms with van der Waals surface area (Å²) in [4.78, 5) is 24.5. The number of carbonyl (C=O) groups excluding carboxylic acids is 2. The molecule has 2 atom stereocenters. The van der Waals surface area contributed by atoms with Crippen LogP contribution in [0.3, 0.4) is 0 Å². The molecule has 96 valence electrons. The molecule has 2 amide bonds. The lowest BCUT2D eigenvalue weighted by Crippen LogP contribution is -2.50. The lowest BCUT2D eigenvalue weighted by atomic mass is 10.2. The van der Waals surface area contributed by atoms with E-state index in [2.05, 4.69) is 5.32 Å². The quantitative estimate of drug-likeness (QED) is 0.655. The van der Waals surface area contributed by atoms with Gasteiger partial charge in [0.05, 0.1) is 18.7 Å². The molecule has 2 saturated heterocycles. The molecule has 6 nitrogen and oxygen atoms in total. The first-order valence-electron chi connectivity index (χ1n) is 5.74. The van der Waals surface area contributed by atoms with Crippen molar-refractivity contribution >= 4 is 12.0 Å². The van der Waals surface area contributed by atoms with E-state index in [4.69, 9.17) is 9.47 Å². The fourth-order valence-electron chi connectivity index (χ4n) is 1.99. The Bertz CT molecular complexity index is 337. The first kappa shape index (κ1) is 12.2. The Labute approximate surface area is 100 Å².